The molecule has 0 aliphatic carbocycles. The summed E-state index contributed by atoms with van der Waals surface area (Å²) in [5.41, 5.74) is 2.72. The molecule has 18 heavy (non-hydrogen) atoms. The van der Waals surface area contributed by atoms with Crippen molar-refractivity contribution in [3.05, 3.63) is 65.0 Å². The summed E-state index contributed by atoms with van der Waals surface area (Å²) in [7, 11) is 0. The third-order valence-corrected chi connectivity index (χ3v) is 3.74. The third-order valence-electron chi connectivity index (χ3n) is 2.70. The summed E-state index contributed by atoms with van der Waals surface area (Å²) >= 11 is 1.60. The molecule has 2 rings (SSSR count). The van der Waals surface area contributed by atoms with E-state index in [1.54, 1.807) is 30.0 Å². The van der Waals surface area contributed by atoms with Gasteiger partial charge in [-0.05, 0) is 42.3 Å². The van der Waals surface area contributed by atoms with Crippen molar-refractivity contribution in [2.45, 2.75) is 17.6 Å². The molecule has 0 amide bonds. The number of carbonyl (C=O) groups is 1. The minimum Gasteiger partial charge on any atom is -0.298 e. The molecule has 0 aliphatic heterocycles. The molecule has 1 nitrogen and oxygen atoms in total. The first-order valence-corrected chi connectivity index (χ1v) is 6.60. The van der Waals surface area contributed by atoms with Crippen LogP contribution in [0.1, 0.15) is 21.5 Å². The lowest BCUT2D eigenvalue weighted by atomic mass is 10.1. The van der Waals surface area contributed by atoms with Crippen LogP contribution in [0.5, 0.6) is 0 Å². The lowest BCUT2D eigenvalue weighted by Crippen LogP contribution is -1.88. The van der Waals surface area contributed by atoms with E-state index in [1.807, 2.05) is 25.1 Å². The fraction of sp³-hybridized carbons (Fsp3) is 0.133. The van der Waals surface area contributed by atoms with Crippen LogP contribution in [-0.2, 0) is 5.75 Å². The highest BCUT2D eigenvalue weighted by Gasteiger charge is 2.02. The van der Waals surface area contributed by atoms with E-state index in [0.29, 0.717) is 11.3 Å². The zero-order chi connectivity index (χ0) is 13.0. The van der Waals surface area contributed by atoms with Crippen molar-refractivity contribution in [3.8, 4) is 0 Å². The van der Waals surface area contributed by atoms with Crippen LogP contribution in [0.3, 0.4) is 0 Å². The molecular weight excluding hydrogens is 247 g/mol. The minimum absolute atomic E-state index is 0.210. The molecular formula is C15H13FOS. The Morgan fingerprint density at radius 1 is 1.22 bits per heavy atom. The van der Waals surface area contributed by atoms with Crippen molar-refractivity contribution in [1.82, 2.24) is 0 Å². The van der Waals surface area contributed by atoms with Crippen LogP contribution in [-0.4, -0.2) is 6.29 Å². The number of carbonyl (C=O) groups excluding carboxylic acids is 1. The third kappa shape index (κ3) is 3.20. The topological polar surface area (TPSA) is 17.1 Å². The van der Waals surface area contributed by atoms with Gasteiger partial charge in [-0.25, -0.2) is 4.39 Å². The van der Waals surface area contributed by atoms with E-state index in [9.17, 15) is 9.18 Å². The van der Waals surface area contributed by atoms with Crippen molar-refractivity contribution in [2.24, 2.45) is 0 Å². The summed E-state index contributed by atoms with van der Waals surface area (Å²) in [4.78, 5) is 11.7. The molecule has 92 valence electrons. The molecule has 0 heterocycles. The van der Waals surface area contributed by atoms with E-state index in [0.717, 1.165) is 22.3 Å². The maximum atomic E-state index is 13.1. The number of halogens is 1. The summed E-state index contributed by atoms with van der Waals surface area (Å²) < 4.78 is 13.1. The first-order chi connectivity index (χ1) is 8.69. The molecule has 0 spiro atoms. The summed E-state index contributed by atoms with van der Waals surface area (Å²) in [6, 6.07) is 12.2. The Morgan fingerprint density at radius 3 is 2.83 bits per heavy atom. The van der Waals surface area contributed by atoms with Gasteiger partial charge in [-0.2, -0.15) is 0 Å². The van der Waals surface area contributed by atoms with Crippen LogP contribution in [0.2, 0.25) is 0 Å². The smallest absolute Gasteiger partial charge is 0.150 e. The van der Waals surface area contributed by atoms with Gasteiger partial charge >= 0.3 is 0 Å². The van der Waals surface area contributed by atoms with Gasteiger partial charge in [0.15, 0.2) is 0 Å². The second kappa shape index (κ2) is 5.83. The van der Waals surface area contributed by atoms with Crippen LogP contribution in [0, 0.1) is 12.7 Å². The van der Waals surface area contributed by atoms with Gasteiger partial charge in [-0.3, -0.25) is 4.79 Å². The minimum atomic E-state index is -0.210. The number of hydrogen-bond acceptors (Lipinski definition) is 2. The SMILES string of the molecule is Cc1ccc(F)cc1CSc1cccc(C=O)c1. The fourth-order valence-electron chi connectivity index (χ4n) is 1.63. The number of aryl methyl sites for hydroxylation is 1. The molecule has 0 atom stereocenters. The summed E-state index contributed by atoms with van der Waals surface area (Å²) in [6.07, 6.45) is 0.831. The van der Waals surface area contributed by atoms with E-state index in [-0.39, 0.29) is 5.82 Å². The van der Waals surface area contributed by atoms with Crippen molar-refractivity contribution in [2.75, 3.05) is 0 Å². The average molecular weight is 260 g/mol. The van der Waals surface area contributed by atoms with Gasteiger partial charge in [0.2, 0.25) is 0 Å². The normalized spacial score (nSPS) is 10.3. The molecule has 2 aromatic rings. The van der Waals surface area contributed by atoms with Gasteiger partial charge in [0.1, 0.15) is 12.1 Å². The van der Waals surface area contributed by atoms with E-state index < -0.39 is 0 Å². The second-order valence-corrected chi connectivity index (χ2v) is 5.10. The fourth-order valence-corrected chi connectivity index (χ4v) is 2.66. The lowest BCUT2D eigenvalue weighted by Gasteiger charge is -2.06. The van der Waals surface area contributed by atoms with Crippen LogP contribution in [0.15, 0.2) is 47.4 Å². The number of hydrogen-bond donors (Lipinski definition) is 0. The molecule has 0 fully saturated rings. The van der Waals surface area contributed by atoms with E-state index in [4.69, 9.17) is 0 Å². The summed E-state index contributed by atoms with van der Waals surface area (Å²) in [6.45, 7) is 1.97. The standard InChI is InChI=1S/C15H13FOS/c1-11-5-6-14(16)8-13(11)10-18-15-4-2-3-12(7-15)9-17/h2-9H,10H2,1H3. The van der Waals surface area contributed by atoms with E-state index in [2.05, 4.69) is 0 Å². The van der Waals surface area contributed by atoms with Gasteiger partial charge in [0.05, 0.1) is 0 Å². The molecule has 0 saturated carbocycles. The number of thioether (sulfide) groups is 1. The molecule has 0 saturated heterocycles. The van der Waals surface area contributed by atoms with Gasteiger partial charge < -0.3 is 0 Å². The molecule has 0 unspecified atom stereocenters. The Labute approximate surface area is 110 Å². The molecule has 0 aliphatic rings. The van der Waals surface area contributed by atoms with Crippen LogP contribution in [0.25, 0.3) is 0 Å². The Bertz CT molecular complexity index is 566. The highest BCUT2D eigenvalue weighted by molar-refractivity contribution is 7.98. The van der Waals surface area contributed by atoms with Crippen molar-refractivity contribution >= 4 is 18.0 Å². The molecule has 0 bridgehead atoms. The summed E-state index contributed by atoms with van der Waals surface area (Å²) in [5.74, 6) is 0.490. The second-order valence-electron chi connectivity index (χ2n) is 4.05. The first kappa shape index (κ1) is 12.8. The van der Waals surface area contributed by atoms with Crippen LogP contribution in [0.4, 0.5) is 4.39 Å². The monoisotopic (exact) mass is 260 g/mol. The average Bonchev–Trinajstić information content (AvgIpc) is 2.40. The Morgan fingerprint density at radius 2 is 2.06 bits per heavy atom. The molecule has 2 aromatic carbocycles. The van der Waals surface area contributed by atoms with Gasteiger partial charge in [0, 0.05) is 16.2 Å². The predicted octanol–water partition coefficient (Wildman–Crippen LogP) is 4.24. The molecule has 0 radical (unpaired) electrons. The van der Waals surface area contributed by atoms with Gasteiger partial charge in [-0.1, -0.05) is 18.2 Å². The highest BCUT2D eigenvalue weighted by Crippen LogP contribution is 2.25. The van der Waals surface area contributed by atoms with Crippen LogP contribution < -0.4 is 0 Å². The quantitative estimate of drug-likeness (QED) is 0.604. The maximum absolute atomic E-state index is 13.1. The summed E-state index contributed by atoms with van der Waals surface area (Å²) in [5, 5.41) is 0. The highest BCUT2D eigenvalue weighted by atomic mass is 32.2. The van der Waals surface area contributed by atoms with E-state index >= 15 is 0 Å². The zero-order valence-electron chi connectivity index (χ0n) is 10.0. The Kier molecular flexibility index (Phi) is 4.15. The maximum Gasteiger partial charge on any atom is 0.150 e. The Hall–Kier alpha value is -1.61. The van der Waals surface area contributed by atoms with E-state index in [1.165, 1.54) is 6.07 Å². The molecule has 3 heteroatoms. The largest absolute Gasteiger partial charge is 0.298 e. The molecule has 0 aromatic heterocycles. The Balaban J connectivity index is 2.11. The van der Waals surface area contributed by atoms with Crippen molar-refractivity contribution in [1.29, 1.82) is 0 Å². The van der Waals surface area contributed by atoms with Crippen molar-refractivity contribution < 1.29 is 9.18 Å². The molecule has 0 N–H and O–H groups in total. The zero-order valence-corrected chi connectivity index (χ0v) is 10.8. The van der Waals surface area contributed by atoms with Crippen LogP contribution >= 0.6 is 11.8 Å². The van der Waals surface area contributed by atoms with Gasteiger partial charge in [-0.15, -0.1) is 11.8 Å². The number of rotatable bonds is 4. The van der Waals surface area contributed by atoms with Gasteiger partial charge in [0.25, 0.3) is 0 Å². The lowest BCUT2D eigenvalue weighted by molar-refractivity contribution is 0.112. The first-order valence-electron chi connectivity index (χ1n) is 5.62. The number of benzene rings is 2. The number of aldehydes is 1. The van der Waals surface area contributed by atoms with Crippen molar-refractivity contribution in [3.63, 3.8) is 0 Å². The predicted molar refractivity (Wildman–Crippen MR) is 72.5 cm³/mol.